The zero-order chi connectivity index (χ0) is 35.5. The third-order valence-corrected chi connectivity index (χ3v) is 11.8. The number of nitrogens with zero attached hydrogens (tertiary/aromatic N) is 3. The smallest absolute Gasteiger partial charge is 0.410 e. The summed E-state index contributed by atoms with van der Waals surface area (Å²) in [7, 11) is 1.62. The molecule has 3 heterocycles. The highest BCUT2D eigenvalue weighted by Gasteiger charge is 2.36. The normalized spacial score (nSPS) is 18.8. The van der Waals surface area contributed by atoms with Crippen LogP contribution in [0.1, 0.15) is 76.8 Å². The summed E-state index contributed by atoms with van der Waals surface area (Å²) in [5, 5.41) is 9.42. The second kappa shape index (κ2) is 15.4. The molecule has 2 saturated heterocycles. The number of piperidine rings is 1. The summed E-state index contributed by atoms with van der Waals surface area (Å²) in [4.78, 5) is 48.7. The number of thiazole rings is 1. The van der Waals surface area contributed by atoms with Crippen molar-refractivity contribution in [3.8, 4) is 11.1 Å². The number of carbonyl (C=O) groups excluding carboxylic acids is 3. The molecule has 2 fully saturated rings. The van der Waals surface area contributed by atoms with Gasteiger partial charge in [-0.25, -0.2) is 14.2 Å². The lowest BCUT2D eigenvalue weighted by Crippen LogP contribution is -2.55. The van der Waals surface area contributed by atoms with Crippen molar-refractivity contribution in [1.82, 2.24) is 25.4 Å². The van der Waals surface area contributed by atoms with E-state index >= 15 is 0 Å². The van der Waals surface area contributed by atoms with Gasteiger partial charge >= 0.3 is 6.09 Å². The van der Waals surface area contributed by atoms with Gasteiger partial charge in [-0.3, -0.25) is 19.4 Å². The Kier molecular flexibility index (Phi) is 10.6. The fourth-order valence-electron chi connectivity index (χ4n) is 7.76. The lowest BCUT2D eigenvalue weighted by Gasteiger charge is -2.36. The van der Waals surface area contributed by atoms with Gasteiger partial charge < -0.3 is 15.4 Å². The quantitative estimate of drug-likeness (QED) is 0.174. The Morgan fingerprint density at radius 3 is 2.35 bits per heavy atom. The summed E-state index contributed by atoms with van der Waals surface area (Å²) < 4.78 is 19.3. The zero-order valence-electron chi connectivity index (χ0n) is 29.0. The molecule has 51 heavy (non-hydrogen) atoms. The molecule has 0 bridgehead atoms. The highest BCUT2D eigenvalue weighted by Crippen LogP contribution is 2.44. The lowest BCUT2D eigenvalue weighted by atomic mass is 9.89. The molecule has 266 valence electrons. The SMILES string of the molecule is C[C@@H](C(=O)N[C@H](CN1CCC[C@H]1c1nc(C(=O)c2ccc(F)cc2)cs1)C1CCNCC1)N(C)C(=O)OCC1c2ccccc2-c2ccccc21. The first kappa shape index (κ1) is 35.0. The molecule has 0 spiro atoms. The Balaban J connectivity index is 0.996. The van der Waals surface area contributed by atoms with Crippen LogP contribution in [0.25, 0.3) is 11.1 Å². The fourth-order valence-corrected chi connectivity index (χ4v) is 8.73. The van der Waals surface area contributed by atoms with Gasteiger partial charge in [-0.2, -0.15) is 0 Å². The minimum absolute atomic E-state index is 0.0341. The van der Waals surface area contributed by atoms with E-state index in [2.05, 4.69) is 39.8 Å². The molecule has 2 aliphatic heterocycles. The first-order chi connectivity index (χ1) is 24.8. The van der Waals surface area contributed by atoms with Crippen LogP contribution in [-0.2, 0) is 9.53 Å². The summed E-state index contributed by atoms with van der Waals surface area (Å²) in [5.74, 6) is -0.620. The molecular formula is C40H44FN5O4S. The minimum Gasteiger partial charge on any atom is -0.448 e. The average Bonchev–Trinajstić information content (AvgIpc) is 3.91. The Morgan fingerprint density at radius 2 is 1.67 bits per heavy atom. The predicted molar refractivity (Wildman–Crippen MR) is 195 cm³/mol. The number of halogens is 1. The van der Waals surface area contributed by atoms with E-state index in [1.165, 1.54) is 40.5 Å². The average molecular weight is 710 g/mol. The number of carbonyl (C=O) groups is 3. The monoisotopic (exact) mass is 709 g/mol. The van der Waals surface area contributed by atoms with Crippen molar-refractivity contribution in [2.75, 3.05) is 39.8 Å². The number of hydrogen-bond acceptors (Lipinski definition) is 8. The van der Waals surface area contributed by atoms with Crippen LogP contribution >= 0.6 is 11.3 Å². The van der Waals surface area contributed by atoms with Gasteiger partial charge in [-0.15, -0.1) is 11.3 Å². The van der Waals surface area contributed by atoms with Crippen molar-refractivity contribution in [2.24, 2.45) is 5.92 Å². The number of likely N-dealkylation sites (tertiary alicyclic amines) is 1. The van der Waals surface area contributed by atoms with Crippen molar-refractivity contribution in [3.05, 3.63) is 111 Å². The third-order valence-electron chi connectivity index (χ3n) is 10.8. The van der Waals surface area contributed by atoms with Gasteiger partial charge in [0.25, 0.3) is 0 Å². The van der Waals surface area contributed by atoms with E-state index < -0.39 is 12.1 Å². The number of ketones is 1. The Morgan fingerprint density at radius 1 is 1.00 bits per heavy atom. The number of rotatable bonds is 11. The number of amides is 2. The van der Waals surface area contributed by atoms with E-state index in [-0.39, 0.29) is 48.0 Å². The van der Waals surface area contributed by atoms with E-state index in [0.717, 1.165) is 72.6 Å². The van der Waals surface area contributed by atoms with Gasteiger partial charge in [0.2, 0.25) is 11.7 Å². The molecule has 0 saturated carbocycles. The molecule has 11 heteroatoms. The van der Waals surface area contributed by atoms with Crippen LogP contribution in [0.5, 0.6) is 0 Å². The molecule has 3 atom stereocenters. The number of ether oxygens (including phenoxy) is 1. The largest absolute Gasteiger partial charge is 0.448 e. The van der Waals surface area contributed by atoms with E-state index in [1.807, 2.05) is 24.3 Å². The van der Waals surface area contributed by atoms with Crippen LogP contribution in [0.3, 0.4) is 0 Å². The molecule has 7 rings (SSSR count). The van der Waals surface area contributed by atoms with Crippen LogP contribution in [0.15, 0.2) is 78.2 Å². The van der Waals surface area contributed by atoms with Crippen molar-refractivity contribution < 1.29 is 23.5 Å². The number of aromatic nitrogens is 1. The van der Waals surface area contributed by atoms with Crippen molar-refractivity contribution >= 4 is 29.1 Å². The molecule has 0 unspecified atom stereocenters. The summed E-state index contributed by atoms with van der Waals surface area (Å²) >= 11 is 1.47. The maximum absolute atomic E-state index is 13.8. The lowest BCUT2D eigenvalue weighted by molar-refractivity contribution is -0.126. The molecule has 3 aromatic carbocycles. The fraction of sp³-hybridized carbons (Fsp3) is 0.400. The van der Waals surface area contributed by atoms with Gasteiger partial charge in [-0.1, -0.05) is 48.5 Å². The number of fused-ring (bicyclic) bond motifs is 3. The topological polar surface area (TPSA) is 104 Å². The van der Waals surface area contributed by atoms with Crippen LogP contribution in [0.2, 0.25) is 0 Å². The highest BCUT2D eigenvalue weighted by molar-refractivity contribution is 7.10. The van der Waals surface area contributed by atoms with Crippen LogP contribution in [0.4, 0.5) is 9.18 Å². The molecule has 4 aromatic rings. The van der Waals surface area contributed by atoms with Gasteiger partial charge in [-0.05, 0) is 105 Å². The minimum atomic E-state index is -0.738. The predicted octanol–water partition coefficient (Wildman–Crippen LogP) is 6.40. The van der Waals surface area contributed by atoms with Crippen LogP contribution in [-0.4, -0.2) is 84.5 Å². The standard InChI is InChI=1S/C40H44FN5O4S/c1-25(45(2)40(49)50-23-33-31-10-5-3-8-29(31)30-9-4-6-11-32(30)33)38(48)43-34(26-17-19-42-20-18-26)22-46-21-7-12-36(46)39-44-35(24-51-39)37(47)27-13-15-28(41)16-14-27/h3-6,8-11,13-16,24-26,33-34,36,42H,7,12,17-23H2,1-2H3,(H,43,48)/t25-,34+,36-/m0/s1. The Hall–Kier alpha value is -4.45. The second-order valence-electron chi connectivity index (χ2n) is 13.9. The Labute approximate surface area is 302 Å². The molecule has 1 aliphatic carbocycles. The first-order valence-electron chi connectivity index (χ1n) is 17.9. The van der Waals surface area contributed by atoms with Gasteiger partial charge in [0.05, 0.1) is 6.04 Å². The number of nitrogens with one attached hydrogen (secondary N) is 2. The second-order valence-corrected chi connectivity index (χ2v) is 14.7. The molecule has 3 aliphatic rings. The number of likely N-dealkylation sites (N-methyl/N-ethyl adjacent to an activating group) is 1. The first-order valence-corrected chi connectivity index (χ1v) is 18.7. The molecule has 0 radical (unpaired) electrons. The molecular weight excluding hydrogens is 666 g/mol. The summed E-state index contributed by atoms with van der Waals surface area (Å²) in [6.45, 7) is 5.20. The number of hydrogen-bond donors (Lipinski definition) is 2. The van der Waals surface area contributed by atoms with Crippen molar-refractivity contribution in [3.63, 3.8) is 0 Å². The molecule has 2 amide bonds. The van der Waals surface area contributed by atoms with Crippen LogP contribution in [0, 0.1) is 11.7 Å². The van der Waals surface area contributed by atoms with E-state index in [9.17, 15) is 18.8 Å². The van der Waals surface area contributed by atoms with Gasteiger partial charge in [0.15, 0.2) is 0 Å². The summed E-state index contributed by atoms with van der Waals surface area (Å²) in [5.41, 5.74) is 5.36. The van der Waals surface area contributed by atoms with E-state index in [4.69, 9.17) is 9.72 Å². The molecule has 1 aromatic heterocycles. The maximum atomic E-state index is 13.8. The molecule has 2 N–H and O–H groups in total. The maximum Gasteiger partial charge on any atom is 0.410 e. The Bertz CT molecular complexity index is 1830. The number of benzene rings is 3. The van der Waals surface area contributed by atoms with E-state index in [1.54, 1.807) is 19.4 Å². The highest BCUT2D eigenvalue weighted by atomic mass is 32.1. The summed E-state index contributed by atoms with van der Waals surface area (Å²) in [6.07, 6.45) is 3.23. The molecule has 9 nitrogen and oxygen atoms in total. The van der Waals surface area contributed by atoms with Gasteiger partial charge in [0, 0.05) is 36.5 Å². The van der Waals surface area contributed by atoms with Gasteiger partial charge in [0.1, 0.15) is 29.2 Å². The van der Waals surface area contributed by atoms with E-state index in [0.29, 0.717) is 17.8 Å². The van der Waals surface area contributed by atoms with Crippen molar-refractivity contribution in [2.45, 2.75) is 56.7 Å². The third kappa shape index (κ3) is 7.47. The summed E-state index contributed by atoms with van der Waals surface area (Å²) in [6, 6.07) is 21.1. The van der Waals surface area contributed by atoms with Crippen molar-refractivity contribution in [1.29, 1.82) is 0 Å². The van der Waals surface area contributed by atoms with Crippen LogP contribution < -0.4 is 10.6 Å². The zero-order valence-corrected chi connectivity index (χ0v) is 29.8.